The van der Waals surface area contributed by atoms with E-state index in [1.807, 2.05) is 55.4 Å². The minimum atomic E-state index is -1.91. The van der Waals surface area contributed by atoms with Crippen molar-refractivity contribution in [3.05, 3.63) is 485 Å². The van der Waals surface area contributed by atoms with Crippen LogP contribution in [0.15, 0.2) is 485 Å². The largest absolute Gasteiger partial charge is 0.389 e. The van der Waals surface area contributed by atoms with Crippen molar-refractivity contribution in [3.63, 3.8) is 0 Å². The van der Waals surface area contributed by atoms with Crippen LogP contribution in [0.3, 0.4) is 0 Å². The number of rotatable bonds is 25. The predicted octanol–water partition coefficient (Wildman–Crippen LogP) is 20.0. The molecule has 129 heavy (non-hydrogen) atoms. The molecular weight excluding hydrogens is 1700 g/mol. The Labute approximate surface area is 795 Å². The fourth-order valence-electron chi connectivity index (χ4n) is 14.8. The van der Waals surface area contributed by atoms with Crippen molar-refractivity contribution in [1.82, 2.24) is 5.32 Å². The smallest absolute Gasteiger partial charge is 0.144 e. The van der Waals surface area contributed by atoms with Crippen LogP contribution in [-0.4, -0.2) is 81.1 Å². The molecule has 0 bridgehead atoms. The molecule has 16 aromatic rings. The van der Waals surface area contributed by atoms with Gasteiger partial charge in [-0.15, -0.1) is 0 Å². The van der Waals surface area contributed by atoms with Gasteiger partial charge < -0.3 is 14.8 Å². The van der Waals surface area contributed by atoms with Crippen molar-refractivity contribution in [2.24, 2.45) is 0 Å². The third kappa shape index (κ3) is 31.9. The molecule has 1 N–H and O–H groups in total. The maximum absolute atomic E-state index is 4.80. The van der Waals surface area contributed by atoms with Crippen molar-refractivity contribution in [1.29, 1.82) is 0 Å². The molecule has 0 unspecified atom stereocenters. The van der Waals surface area contributed by atoms with Crippen molar-refractivity contribution < 1.29 is 9.47 Å². The molecule has 0 fully saturated rings. The normalized spacial score (nSPS) is 10.4. The third-order valence-electron chi connectivity index (χ3n) is 20.7. The highest BCUT2D eigenvalue weighted by Crippen LogP contribution is 2.57. The minimum Gasteiger partial charge on any atom is -0.389 e. The SMILES string of the molecule is CC.CC.CC.CC.CCC[SiH3].CCNCCC[SiH3].COCCC[SiH3].COC[SiH3].c1ccc([P+](c2ccccc2)(c2ccccc2)c2ccccc2)cc1.c1ccc([P+](c2ccccc2)(c2ccccc2)c2ccccc2)cc1.c1ccc([P+](c2ccccc2)(c2ccccc2)c2ccccc2)cc1.c1ccc([P+](c2ccccc2)(c2ccccc2)c2ccccc2)cc1. The molecule has 0 radical (unpaired) electrons. The van der Waals surface area contributed by atoms with E-state index in [1.165, 1.54) is 170 Å². The standard InChI is InChI=1S/4C24H20P.C5H15NSi.C4H12OSi.C3H10Si.C2H8OSi.4C2H6/c4*1-5-13-21(14-6-1)25(22-15-7-2-8-16-22,23-17-9-3-10-18-23)24-19-11-4-12-20-24;1-2-6-4-3-5-7;1-5-3-2-4-6;1-2-3-4;1-3-2-4;4*1-2/h4*1-20H;6H,2-5H2,1,7H3;2-4H2,1,6H3;2-3H2,1,4H3;2H2,1,4H3;4*1-2H3/q4*+1;;;;;;;;. The summed E-state index contributed by atoms with van der Waals surface area (Å²) < 4.78 is 9.41. The Morgan fingerprint density at radius 1 is 0.194 bits per heavy atom. The highest BCUT2D eigenvalue weighted by Gasteiger charge is 2.51. The van der Waals surface area contributed by atoms with Crippen molar-refractivity contribution in [2.45, 2.75) is 107 Å². The summed E-state index contributed by atoms with van der Waals surface area (Å²) in [5.41, 5.74) is 0. The van der Waals surface area contributed by atoms with Gasteiger partial charge in [-0.2, -0.15) is 0 Å². The van der Waals surface area contributed by atoms with Crippen molar-refractivity contribution in [2.75, 3.05) is 40.1 Å². The summed E-state index contributed by atoms with van der Waals surface area (Å²) in [6.07, 6.45) is 4.97. The summed E-state index contributed by atoms with van der Waals surface area (Å²) in [5.74, 6) is 0. The van der Waals surface area contributed by atoms with Gasteiger partial charge in [0, 0.05) is 68.0 Å². The number of benzene rings is 16. The lowest BCUT2D eigenvalue weighted by atomic mass is 10.3. The zero-order chi connectivity index (χ0) is 93.0. The lowest BCUT2D eigenvalue weighted by Gasteiger charge is -2.27. The van der Waals surface area contributed by atoms with Gasteiger partial charge in [0.15, 0.2) is 0 Å². The van der Waals surface area contributed by atoms with Gasteiger partial charge in [-0.1, -0.05) is 385 Å². The second kappa shape index (κ2) is 67.2. The Morgan fingerprint density at radius 2 is 0.310 bits per heavy atom. The molecule has 0 atom stereocenters. The first-order valence-corrected chi connectivity index (χ1v) is 59.8. The van der Waals surface area contributed by atoms with E-state index in [2.05, 4.69) is 509 Å². The summed E-state index contributed by atoms with van der Waals surface area (Å²) in [7, 11) is 1.09. The van der Waals surface area contributed by atoms with Gasteiger partial charge in [-0.25, -0.2) is 0 Å². The van der Waals surface area contributed by atoms with Crippen LogP contribution in [0.5, 0.6) is 0 Å². The zero-order valence-corrected chi connectivity index (χ0v) is 91.9. The molecule has 0 saturated carbocycles. The van der Waals surface area contributed by atoms with Crippen LogP contribution in [0.1, 0.15) is 88.5 Å². The second-order valence-corrected chi connectivity index (χ2v) is 45.9. The summed E-state index contributed by atoms with van der Waals surface area (Å²) in [6.45, 7) is 23.7. The van der Waals surface area contributed by atoms with Crippen LogP contribution < -0.4 is 90.2 Å². The summed E-state index contributed by atoms with van der Waals surface area (Å²) >= 11 is 0. The van der Waals surface area contributed by atoms with Gasteiger partial charge in [0.1, 0.15) is 114 Å². The Hall–Kier alpha value is -10.0. The molecule has 11 heteroatoms. The lowest BCUT2D eigenvalue weighted by molar-refractivity contribution is 0.199. The van der Waals surface area contributed by atoms with Crippen LogP contribution in [0.4, 0.5) is 0 Å². The van der Waals surface area contributed by atoms with Gasteiger partial charge >= 0.3 is 0 Å². The Bertz CT molecular complexity index is 3950. The number of nitrogens with one attached hydrogen (secondary N) is 1. The topological polar surface area (TPSA) is 30.5 Å². The molecule has 0 aliphatic heterocycles. The average Bonchev–Trinajstić information content (AvgIpc) is 0.757. The van der Waals surface area contributed by atoms with E-state index in [4.69, 9.17) is 4.74 Å². The molecule has 0 heterocycles. The molecule has 3 nitrogen and oxygen atoms in total. The van der Waals surface area contributed by atoms with Crippen LogP contribution in [0.2, 0.25) is 18.1 Å². The van der Waals surface area contributed by atoms with E-state index in [1.54, 1.807) is 14.2 Å². The van der Waals surface area contributed by atoms with Crippen LogP contribution in [0.25, 0.3) is 0 Å². The van der Waals surface area contributed by atoms with Gasteiger partial charge in [-0.3, -0.25) is 0 Å². The summed E-state index contributed by atoms with van der Waals surface area (Å²) in [6, 6.07) is 180. The van der Waals surface area contributed by atoms with E-state index in [-0.39, 0.29) is 0 Å². The maximum Gasteiger partial charge on any atom is 0.144 e. The number of ether oxygens (including phenoxy) is 2. The lowest BCUT2D eigenvalue weighted by Crippen LogP contribution is -2.38. The van der Waals surface area contributed by atoms with E-state index >= 15 is 0 Å². The Balaban J connectivity index is 0.000000276. The average molecular weight is 1850 g/mol. The van der Waals surface area contributed by atoms with Crippen molar-refractivity contribution >= 4 is 155 Å². The minimum absolute atomic E-state index is 0.948. The molecule has 0 aliphatic rings. The quantitative estimate of drug-likeness (QED) is 0.0351. The Morgan fingerprint density at radius 3 is 0.380 bits per heavy atom. The van der Waals surface area contributed by atoms with Crippen LogP contribution in [0, 0.1) is 0 Å². The number of hydrogen-bond donors (Lipinski definition) is 1. The summed E-state index contributed by atoms with van der Waals surface area (Å²) in [4.78, 5) is 0. The molecule has 670 valence electrons. The Kier molecular flexibility index (Phi) is 57.1. The monoisotopic (exact) mass is 1850 g/mol. The third-order valence-corrected chi connectivity index (χ3v) is 40.9. The first kappa shape index (κ1) is 110. The number of methoxy groups -OCH3 is 2. The highest BCUT2D eigenvalue weighted by atomic mass is 31.2. The van der Waals surface area contributed by atoms with E-state index in [0.717, 1.165) is 19.4 Å². The zero-order valence-electron chi connectivity index (χ0n) is 80.4. The summed E-state index contributed by atoms with van der Waals surface area (Å²) in [5, 5.41) is 25.5. The van der Waals surface area contributed by atoms with E-state index in [0.29, 0.717) is 0 Å². The molecule has 0 spiro atoms. The molecule has 0 aromatic heterocycles. The first-order chi connectivity index (χ1) is 63.8. The molecule has 0 saturated heterocycles. The molecule has 16 rings (SSSR count). The van der Waals surface area contributed by atoms with Crippen LogP contribution in [-0.2, 0) is 9.47 Å². The fourth-order valence-corrected chi connectivity index (χ4v) is 32.5. The van der Waals surface area contributed by atoms with E-state index in [9.17, 15) is 0 Å². The first-order valence-electron chi connectivity index (χ1n) is 47.0. The van der Waals surface area contributed by atoms with Gasteiger partial charge in [-0.05, 0) is 220 Å². The van der Waals surface area contributed by atoms with E-state index < -0.39 is 29.0 Å². The molecule has 0 amide bonds. The molecule has 16 aromatic carbocycles. The van der Waals surface area contributed by atoms with Crippen molar-refractivity contribution in [3.8, 4) is 0 Å². The predicted molar refractivity (Wildman–Crippen MR) is 606 cm³/mol. The van der Waals surface area contributed by atoms with Gasteiger partial charge in [0.25, 0.3) is 0 Å². The molecule has 0 aliphatic carbocycles. The molecular formula is C118H149NO2P4Si4+4. The second-order valence-electron chi connectivity index (χ2n) is 28.7. The van der Waals surface area contributed by atoms with Crippen LogP contribution >= 0.6 is 29.0 Å². The maximum atomic E-state index is 4.80. The highest BCUT2D eigenvalue weighted by molar-refractivity contribution is 8.03. The number of hydrogen-bond acceptors (Lipinski definition) is 3. The fraction of sp³-hybridized carbons (Fsp3) is 0.186. The van der Waals surface area contributed by atoms with Gasteiger partial charge in [0.2, 0.25) is 0 Å². The van der Waals surface area contributed by atoms with Gasteiger partial charge in [0.05, 0.1) is 0 Å².